The van der Waals surface area contributed by atoms with Crippen LogP contribution in [0.25, 0.3) is 0 Å². The Kier molecular flexibility index (Phi) is 0.684. The number of hydrogen-bond acceptors (Lipinski definition) is 4. The average Bonchev–Trinajstić information content (AvgIpc) is 2.63. The van der Waals surface area contributed by atoms with Crippen LogP contribution in [-0.2, 0) is 5.41 Å². The number of hydrogen-bond donors (Lipinski definition) is 1. The molecule has 2 aliphatic rings. The smallest absolute Gasteiger partial charge is 0.234 e. The highest BCUT2D eigenvalue weighted by Crippen LogP contribution is 2.55. The van der Waals surface area contributed by atoms with Gasteiger partial charge < -0.3 is 9.84 Å². The molecule has 0 amide bonds. The highest BCUT2D eigenvalue weighted by Gasteiger charge is 2.62. The molecule has 4 nitrogen and oxygen atoms in total. The summed E-state index contributed by atoms with van der Waals surface area (Å²) in [5, 5.41) is 6.77. The van der Waals surface area contributed by atoms with E-state index in [0.29, 0.717) is 11.8 Å². The van der Waals surface area contributed by atoms with Gasteiger partial charge in [0.05, 0.1) is 5.41 Å². The van der Waals surface area contributed by atoms with Crippen LogP contribution in [0.4, 0.5) is 0 Å². The highest BCUT2D eigenvalue weighted by atomic mass is 16.5. The van der Waals surface area contributed by atoms with E-state index in [1.165, 1.54) is 0 Å². The van der Waals surface area contributed by atoms with Gasteiger partial charge in [-0.1, -0.05) is 5.16 Å². The van der Waals surface area contributed by atoms with Gasteiger partial charge in [0.15, 0.2) is 5.82 Å². The fourth-order valence-electron chi connectivity index (χ4n) is 2.10. The van der Waals surface area contributed by atoms with Gasteiger partial charge in [-0.15, -0.1) is 0 Å². The first-order chi connectivity index (χ1) is 7.02. The number of rotatable bonds is 1. The molecule has 3 rings (SSSR count). The number of fused-ring (bicyclic) bond motifs is 1. The summed E-state index contributed by atoms with van der Waals surface area (Å²) in [6.45, 7) is -0.486. The largest absolute Gasteiger partial charge is 0.339 e. The molecule has 1 aliphatic heterocycles. The van der Waals surface area contributed by atoms with Crippen molar-refractivity contribution in [3.05, 3.63) is 11.7 Å². The van der Waals surface area contributed by atoms with Crippen LogP contribution in [0.5, 0.6) is 0 Å². The van der Waals surface area contributed by atoms with Crippen LogP contribution in [0, 0.1) is 12.8 Å². The number of aryl methyl sites for hydroxylation is 1. The molecule has 2 atom stereocenters. The molecule has 0 bridgehead atoms. The molecule has 0 spiro atoms. The zero-order valence-corrected chi connectivity index (χ0v) is 6.50. The number of nitrogens with one attached hydrogen (secondary N) is 1. The molecule has 0 radical (unpaired) electrons. The summed E-state index contributed by atoms with van der Waals surface area (Å²) in [4.78, 5) is 4.00. The van der Waals surface area contributed by atoms with E-state index in [0.717, 1.165) is 19.5 Å². The summed E-state index contributed by atoms with van der Waals surface area (Å²) in [5.41, 5.74) is -0.0590. The molecule has 1 saturated carbocycles. The molecule has 2 fully saturated rings. The van der Waals surface area contributed by atoms with Crippen molar-refractivity contribution in [1.29, 1.82) is 0 Å². The molecule has 1 N–H and O–H groups in total. The van der Waals surface area contributed by atoms with Crippen LogP contribution in [0.1, 0.15) is 22.2 Å². The highest BCUT2D eigenvalue weighted by molar-refractivity contribution is 5.25. The van der Waals surface area contributed by atoms with Crippen LogP contribution in [0.2, 0.25) is 0 Å². The number of nitrogens with zero attached hydrogens (tertiary/aromatic N) is 2. The second-order valence-corrected chi connectivity index (χ2v) is 3.61. The lowest BCUT2D eigenvalue weighted by atomic mass is 10.1. The van der Waals surface area contributed by atoms with Gasteiger partial charge in [-0.25, -0.2) is 0 Å². The van der Waals surface area contributed by atoms with Crippen molar-refractivity contribution in [3.8, 4) is 0 Å². The number of aromatic nitrogens is 2. The SMILES string of the molecule is [2H]C([2H])([2H])c1noc([C@]23CNC[C@H]2C3)n1. The summed E-state index contributed by atoms with van der Waals surface area (Å²) in [5.74, 6) is 0.857. The van der Waals surface area contributed by atoms with Crippen molar-refractivity contribution in [2.24, 2.45) is 5.92 Å². The molecule has 1 aromatic rings. The van der Waals surface area contributed by atoms with E-state index in [-0.39, 0.29) is 11.2 Å². The first-order valence-electron chi connectivity index (χ1n) is 5.58. The fraction of sp³-hybridized carbons (Fsp3) is 0.750. The van der Waals surface area contributed by atoms with Gasteiger partial charge in [0.1, 0.15) is 0 Å². The summed E-state index contributed by atoms with van der Waals surface area (Å²) in [7, 11) is 0. The molecular formula is C8H11N3O. The van der Waals surface area contributed by atoms with E-state index >= 15 is 0 Å². The van der Waals surface area contributed by atoms with Crippen molar-refractivity contribution >= 4 is 0 Å². The van der Waals surface area contributed by atoms with Crippen molar-refractivity contribution in [2.45, 2.75) is 18.7 Å². The lowest BCUT2D eigenvalue weighted by Crippen LogP contribution is -2.19. The summed E-state index contributed by atoms with van der Waals surface area (Å²) >= 11 is 0. The Labute approximate surface area is 74.6 Å². The fourth-order valence-corrected chi connectivity index (χ4v) is 2.10. The monoisotopic (exact) mass is 168 g/mol. The van der Waals surface area contributed by atoms with E-state index < -0.39 is 6.85 Å². The molecule has 0 aromatic carbocycles. The predicted molar refractivity (Wildman–Crippen MR) is 41.7 cm³/mol. The second kappa shape index (κ2) is 1.88. The normalized spacial score (nSPS) is 43.0. The van der Waals surface area contributed by atoms with Crippen molar-refractivity contribution in [3.63, 3.8) is 0 Å². The minimum absolute atomic E-state index is 0.0590. The summed E-state index contributed by atoms with van der Waals surface area (Å²) < 4.78 is 26.6. The van der Waals surface area contributed by atoms with Crippen molar-refractivity contribution < 1.29 is 8.64 Å². The first kappa shape index (κ1) is 4.37. The van der Waals surface area contributed by atoms with Gasteiger partial charge in [0.25, 0.3) is 0 Å². The summed E-state index contributed by atoms with van der Waals surface area (Å²) in [6.07, 6.45) is 1.03. The maximum absolute atomic E-state index is 7.17. The van der Waals surface area contributed by atoms with Crippen molar-refractivity contribution in [2.75, 3.05) is 13.1 Å². The Morgan fingerprint density at radius 1 is 1.83 bits per heavy atom. The van der Waals surface area contributed by atoms with Crippen LogP contribution in [-0.4, -0.2) is 23.2 Å². The molecule has 64 valence electrons. The van der Waals surface area contributed by atoms with E-state index in [1.807, 2.05) is 0 Å². The average molecular weight is 168 g/mol. The maximum atomic E-state index is 7.17. The minimum Gasteiger partial charge on any atom is -0.339 e. The molecule has 2 heterocycles. The number of piperidine rings is 1. The Morgan fingerprint density at radius 2 is 2.83 bits per heavy atom. The van der Waals surface area contributed by atoms with Gasteiger partial charge in [0.2, 0.25) is 5.89 Å². The van der Waals surface area contributed by atoms with E-state index in [4.69, 9.17) is 8.64 Å². The molecule has 1 aliphatic carbocycles. The summed E-state index contributed by atoms with van der Waals surface area (Å²) in [6, 6.07) is 0. The topological polar surface area (TPSA) is 51.0 Å². The van der Waals surface area contributed by atoms with Crippen molar-refractivity contribution in [1.82, 2.24) is 15.5 Å². The third-order valence-corrected chi connectivity index (χ3v) is 2.92. The predicted octanol–water partition coefficient (Wildman–Crippen LogP) is 0.239. The van der Waals surface area contributed by atoms with E-state index in [2.05, 4.69) is 15.5 Å². The van der Waals surface area contributed by atoms with Crippen LogP contribution < -0.4 is 5.32 Å². The van der Waals surface area contributed by atoms with Gasteiger partial charge in [0, 0.05) is 10.7 Å². The first-order valence-corrected chi connectivity index (χ1v) is 4.08. The molecular weight excluding hydrogens is 154 g/mol. The Bertz CT molecular complexity index is 402. The maximum Gasteiger partial charge on any atom is 0.234 e. The van der Waals surface area contributed by atoms with Crippen LogP contribution in [0.15, 0.2) is 4.52 Å². The molecule has 1 aromatic heterocycles. The molecule has 12 heavy (non-hydrogen) atoms. The van der Waals surface area contributed by atoms with Crippen LogP contribution >= 0.6 is 0 Å². The van der Waals surface area contributed by atoms with E-state index in [1.54, 1.807) is 0 Å². The Hall–Kier alpha value is -0.900. The molecule has 0 unspecified atom stereocenters. The lowest BCUT2D eigenvalue weighted by Gasteiger charge is -2.02. The third-order valence-electron chi connectivity index (χ3n) is 2.92. The van der Waals surface area contributed by atoms with Gasteiger partial charge in [-0.05, 0) is 25.7 Å². The quantitative estimate of drug-likeness (QED) is 0.652. The minimum atomic E-state index is -2.27. The zero-order valence-electron chi connectivity index (χ0n) is 9.50. The zero-order chi connectivity index (χ0) is 10.7. The lowest BCUT2D eigenvalue weighted by molar-refractivity contribution is 0.343. The van der Waals surface area contributed by atoms with Crippen LogP contribution in [0.3, 0.4) is 0 Å². The van der Waals surface area contributed by atoms with Gasteiger partial charge >= 0.3 is 0 Å². The Morgan fingerprint density at radius 3 is 3.42 bits per heavy atom. The van der Waals surface area contributed by atoms with Gasteiger partial charge in [-0.3, -0.25) is 0 Å². The van der Waals surface area contributed by atoms with E-state index in [9.17, 15) is 0 Å². The standard InChI is InChI=1S/C8H11N3O/c1-5-10-7(12-11-5)8-2-6(8)3-9-4-8/h6,9H,2-4H2,1H3/t6-,8-/m1/s1/i1D3. The molecule has 4 heteroatoms. The third kappa shape index (κ3) is 0.659. The second-order valence-electron chi connectivity index (χ2n) is 3.61. The molecule has 1 saturated heterocycles. The van der Waals surface area contributed by atoms with Gasteiger partial charge in [-0.2, -0.15) is 4.98 Å². The Balaban J connectivity index is 1.92.